The van der Waals surface area contributed by atoms with Crippen LogP contribution in [0.5, 0.6) is 0 Å². The molecule has 0 amide bonds. The summed E-state index contributed by atoms with van der Waals surface area (Å²) in [6, 6.07) is 0.544. The minimum atomic E-state index is 0.544. The van der Waals surface area contributed by atoms with Crippen molar-refractivity contribution in [2.45, 2.75) is 26.3 Å². The van der Waals surface area contributed by atoms with Crippen LogP contribution in [0.2, 0.25) is 0 Å². The lowest BCUT2D eigenvalue weighted by Gasteiger charge is -2.25. The molecule has 0 aromatic carbocycles. The van der Waals surface area contributed by atoms with E-state index in [1.54, 1.807) is 17.7 Å². The molecule has 1 aliphatic heterocycles. The molecule has 3 heterocycles. The zero-order valence-electron chi connectivity index (χ0n) is 11.0. The Morgan fingerprint density at radius 2 is 2.22 bits per heavy atom. The third-order valence-corrected chi connectivity index (χ3v) is 4.98. The van der Waals surface area contributed by atoms with Crippen LogP contribution in [0.15, 0.2) is 6.33 Å². The topological polar surface area (TPSA) is 41.1 Å². The first-order chi connectivity index (χ1) is 8.68. The van der Waals surface area contributed by atoms with Gasteiger partial charge in [0.05, 0.1) is 5.39 Å². The molecular formula is C13H18N4S. The zero-order valence-corrected chi connectivity index (χ0v) is 11.8. The molecule has 0 spiro atoms. The summed E-state index contributed by atoms with van der Waals surface area (Å²) in [7, 11) is 2.14. The van der Waals surface area contributed by atoms with E-state index in [-0.39, 0.29) is 0 Å². The van der Waals surface area contributed by atoms with Gasteiger partial charge in [0.2, 0.25) is 0 Å². The van der Waals surface area contributed by atoms with Gasteiger partial charge in [0, 0.05) is 24.5 Å². The van der Waals surface area contributed by atoms with E-state index >= 15 is 0 Å². The summed E-state index contributed by atoms with van der Waals surface area (Å²) < 4.78 is 0. The number of fused-ring (bicyclic) bond motifs is 1. The number of nitrogens with one attached hydrogen (secondary N) is 1. The highest BCUT2D eigenvalue weighted by molar-refractivity contribution is 7.18. The van der Waals surface area contributed by atoms with Gasteiger partial charge in [-0.15, -0.1) is 11.3 Å². The van der Waals surface area contributed by atoms with E-state index in [0.717, 1.165) is 23.7 Å². The minimum absolute atomic E-state index is 0.544. The van der Waals surface area contributed by atoms with Crippen molar-refractivity contribution in [1.29, 1.82) is 0 Å². The molecule has 96 valence electrons. The number of likely N-dealkylation sites (N-methyl/N-ethyl adjacent to an activating group) is 1. The number of aryl methyl sites for hydroxylation is 2. The van der Waals surface area contributed by atoms with Gasteiger partial charge in [0.15, 0.2) is 0 Å². The van der Waals surface area contributed by atoms with Crippen LogP contribution in [-0.4, -0.2) is 36.1 Å². The highest BCUT2D eigenvalue weighted by Gasteiger charge is 2.23. The van der Waals surface area contributed by atoms with Gasteiger partial charge in [-0.2, -0.15) is 0 Å². The molecule has 1 saturated heterocycles. The van der Waals surface area contributed by atoms with E-state index in [9.17, 15) is 0 Å². The molecule has 0 radical (unpaired) electrons. The van der Waals surface area contributed by atoms with Crippen molar-refractivity contribution in [2.24, 2.45) is 0 Å². The van der Waals surface area contributed by atoms with Crippen LogP contribution in [0.25, 0.3) is 10.2 Å². The Balaban J connectivity index is 2.10. The summed E-state index contributed by atoms with van der Waals surface area (Å²) in [4.78, 5) is 13.7. The van der Waals surface area contributed by atoms with Gasteiger partial charge in [0.25, 0.3) is 0 Å². The SMILES string of the molecule is Cc1sc2ncnc(N(C)C3CCNC3)c2c1C. The average Bonchev–Trinajstić information content (AvgIpc) is 2.98. The Hall–Kier alpha value is -1.20. The van der Waals surface area contributed by atoms with E-state index in [4.69, 9.17) is 0 Å². The average molecular weight is 262 g/mol. The minimum Gasteiger partial charge on any atom is -0.355 e. The van der Waals surface area contributed by atoms with Gasteiger partial charge in [-0.3, -0.25) is 0 Å². The Bertz CT molecular complexity index is 572. The van der Waals surface area contributed by atoms with Crippen molar-refractivity contribution in [3.63, 3.8) is 0 Å². The summed E-state index contributed by atoms with van der Waals surface area (Å²) in [6.45, 7) is 6.47. The lowest BCUT2D eigenvalue weighted by atomic mass is 10.1. The number of rotatable bonds is 2. The van der Waals surface area contributed by atoms with Gasteiger partial charge < -0.3 is 10.2 Å². The van der Waals surface area contributed by atoms with Gasteiger partial charge >= 0.3 is 0 Å². The van der Waals surface area contributed by atoms with E-state index in [2.05, 4.69) is 41.1 Å². The maximum Gasteiger partial charge on any atom is 0.141 e. The van der Waals surface area contributed by atoms with Crippen LogP contribution in [0.3, 0.4) is 0 Å². The standard InChI is InChI=1S/C13H18N4S/c1-8-9(2)18-13-11(8)12(15-7-16-13)17(3)10-4-5-14-6-10/h7,10,14H,4-6H2,1-3H3. The fraction of sp³-hybridized carbons (Fsp3) is 0.538. The van der Waals surface area contributed by atoms with Crippen molar-refractivity contribution in [3.8, 4) is 0 Å². The second-order valence-corrected chi connectivity index (χ2v) is 6.12. The fourth-order valence-electron chi connectivity index (χ4n) is 2.57. The molecule has 1 unspecified atom stereocenters. The maximum atomic E-state index is 4.52. The molecule has 3 rings (SSSR count). The summed E-state index contributed by atoms with van der Waals surface area (Å²) >= 11 is 1.76. The van der Waals surface area contributed by atoms with E-state index in [0.29, 0.717) is 6.04 Å². The normalized spacial score (nSPS) is 19.6. The Labute approximate surface area is 111 Å². The third kappa shape index (κ3) is 1.78. The number of nitrogens with zero attached hydrogens (tertiary/aromatic N) is 3. The predicted octanol–water partition coefficient (Wildman–Crippen LogP) is 2.11. The molecule has 1 atom stereocenters. The highest BCUT2D eigenvalue weighted by atomic mass is 32.1. The van der Waals surface area contributed by atoms with Gasteiger partial charge in [-0.05, 0) is 32.4 Å². The second kappa shape index (κ2) is 4.48. The van der Waals surface area contributed by atoms with Gasteiger partial charge in [-0.1, -0.05) is 0 Å². The first-order valence-electron chi connectivity index (χ1n) is 6.32. The summed E-state index contributed by atoms with van der Waals surface area (Å²) in [5.74, 6) is 1.08. The highest BCUT2D eigenvalue weighted by Crippen LogP contribution is 2.34. The lowest BCUT2D eigenvalue weighted by Crippen LogP contribution is -2.34. The van der Waals surface area contributed by atoms with Crippen molar-refractivity contribution < 1.29 is 0 Å². The van der Waals surface area contributed by atoms with Crippen LogP contribution in [-0.2, 0) is 0 Å². The van der Waals surface area contributed by atoms with Crippen LogP contribution in [0.1, 0.15) is 16.9 Å². The number of hydrogen-bond acceptors (Lipinski definition) is 5. The summed E-state index contributed by atoms with van der Waals surface area (Å²) in [5, 5.41) is 4.64. The number of hydrogen-bond donors (Lipinski definition) is 1. The van der Waals surface area contributed by atoms with E-state index < -0.39 is 0 Å². The van der Waals surface area contributed by atoms with Crippen LogP contribution < -0.4 is 10.2 Å². The Morgan fingerprint density at radius 1 is 1.39 bits per heavy atom. The van der Waals surface area contributed by atoms with Crippen LogP contribution >= 0.6 is 11.3 Å². The quantitative estimate of drug-likeness (QED) is 0.900. The molecule has 2 aromatic rings. The van der Waals surface area contributed by atoms with Gasteiger partial charge in [-0.25, -0.2) is 9.97 Å². The Kier molecular flexibility index (Phi) is 2.95. The van der Waals surface area contributed by atoms with Crippen molar-refractivity contribution in [2.75, 3.05) is 25.0 Å². The Morgan fingerprint density at radius 3 is 2.94 bits per heavy atom. The lowest BCUT2D eigenvalue weighted by molar-refractivity contribution is 0.679. The van der Waals surface area contributed by atoms with Crippen molar-refractivity contribution in [1.82, 2.24) is 15.3 Å². The summed E-state index contributed by atoms with van der Waals surface area (Å²) in [5.41, 5.74) is 1.32. The molecule has 2 aromatic heterocycles. The third-order valence-electron chi connectivity index (χ3n) is 3.86. The van der Waals surface area contributed by atoms with E-state index in [1.807, 2.05) is 0 Å². The molecular weight excluding hydrogens is 244 g/mol. The van der Waals surface area contributed by atoms with Crippen LogP contribution in [0.4, 0.5) is 5.82 Å². The molecule has 1 fully saturated rings. The zero-order chi connectivity index (χ0) is 12.7. The molecule has 4 nitrogen and oxygen atoms in total. The van der Waals surface area contributed by atoms with Crippen molar-refractivity contribution >= 4 is 27.4 Å². The molecule has 0 bridgehead atoms. The molecule has 5 heteroatoms. The molecule has 0 saturated carbocycles. The molecule has 0 aliphatic carbocycles. The van der Waals surface area contributed by atoms with Crippen LogP contribution in [0, 0.1) is 13.8 Å². The number of anilines is 1. The number of aromatic nitrogens is 2. The predicted molar refractivity (Wildman–Crippen MR) is 76.6 cm³/mol. The summed E-state index contributed by atoms with van der Waals surface area (Å²) in [6.07, 6.45) is 2.87. The molecule has 1 aliphatic rings. The number of thiophene rings is 1. The van der Waals surface area contributed by atoms with Crippen molar-refractivity contribution in [3.05, 3.63) is 16.8 Å². The first kappa shape index (κ1) is 11.9. The van der Waals surface area contributed by atoms with E-state index in [1.165, 1.54) is 22.2 Å². The largest absolute Gasteiger partial charge is 0.355 e. The monoisotopic (exact) mass is 262 g/mol. The molecule has 1 N–H and O–H groups in total. The van der Waals surface area contributed by atoms with Gasteiger partial charge in [0.1, 0.15) is 17.0 Å². The molecule has 18 heavy (non-hydrogen) atoms. The smallest absolute Gasteiger partial charge is 0.141 e. The first-order valence-corrected chi connectivity index (χ1v) is 7.14. The second-order valence-electron chi connectivity index (χ2n) is 4.92. The fourth-order valence-corrected chi connectivity index (χ4v) is 3.57. The maximum absolute atomic E-state index is 4.52.